The minimum Gasteiger partial charge on any atom is -0.465 e. The summed E-state index contributed by atoms with van der Waals surface area (Å²) in [7, 11) is 0. The average Bonchev–Trinajstić information content (AvgIpc) is 2.22. The zero-order valence-corrected chi connectivity index (χ0v) is 5.35. The third-order valence-electron chi connectivity index (χ3n) is 1.63. The summed E-state index contributed by atoms with van der Waals surface area (Å²) in [5.74, 6) is 1.05. The van der Waals surface area contributed by atoms with Crippen LogP contribution in [0.2, 0.25) is 0 Å². The number of hydrogen-bond donors (Lipinski definition) is 0. The van der Waals surface area contributed by atoms with Gasteiger partial charge in [-0.05, 0) is 25.5 Å². The third-order valence-corrected chi connectivity index (χ3v) is 1.63. The molecule has 0 fully saturated rings. The first-order chi connectivity index (χ1) is 4.36. The van der Waals surface area contributed by atoms with E-state index in [2.05, 4.69) is 13.0 Å². The average molecular weight is 120 g/mol. The van der Waals surface area contributed by atoms with Gasteiger partial charge in [0.1, 0.15) is 5.76 Å². The normalized spacial score (nSPS) is 15.4. The first-order valence-electron chi connectivity index (χ1n) is 3.10. The Morgan fingerprint density at radius 3 is 3.22 bits per heavy atom. The van der Waals surface area contributed by atoms with Gasteiger partial charge in [0.2, 0.25) is 0 Å². The number of allylic oxidation sites excluding steroid dienone is 1. The van der Waals surface area contributed by atoms with Gasteiger partial charge < -0.3 is 4.42 Å². The van der Waals surface area contributed by atoms with E-state index >= 15 is 0 Å². The monoisotopic (exact) mass is 120 g/mol. The van der Waals surface area contributed by atoms with Gasteiger partial charge in [-0.15, -0.1) is 0 Å². The molecule has 1 aliphatic carbocycles. The quantitative estimate of drug-likeness (QED) is 0.511. The van der Waals surface area contributed by atoms with Crippen LogP contribution in [0.4, 0.5) is 0 Å². The van der Waals surface area contributed by atoms with E-state index in [1.54, 1.807) is 6.26 Å². The van der Waals surface area contributed by atoms with Gasteiger partial charge in [0.05, 0.1) is 6.26 Å². The van der Waals surface area contributed by atoms with Crippen molar-refractivity contribution in [3.8, 4) is 0 Å². The summed E-state index contributed by atoms with van der Waals surface area (Å²) in [6.07, 6.45) is 4.91. The Balaban J connectivity index is 2.55. The van der Waals surface area contributed by atoms with E-state index < -0.39 is 0 Å². The minimum absolute atomic E-state index is 1.05. The van der Waals surface area contributed by atoms with Crippen LogP contribution in [0.3, 0.4) is 0 Å². The molecule has 1 aliphatic rings. The van der Waals surface area contributed by atoms with Crippen LogP contribution >= 0.6 is 0 Å². The Morgan fingerprint density at radius 2 is 2.44 bits per heavy atom. The molecule has 9 heavy (non-hydrogen) atoms. The summed E-state index contributed by atoms with van der Waals surface area (Å²) >= 11 is 0. The van der Waals surface area contributed by atoms with Gasteiger partial charge in [0.15, 0.2) is 0 Å². The third kappa shape index (κ3) is 0.611. The minimum atomic E-state index is 1.05. The van der Waals surface area contributed by atoms with Crippen LogP contribution in [0.1, 0.15) is 18.2 Å². The Kier molecular flexibility index (Phi) is 0.810. The lowest BCUT2D eigenvalue weighted by molar-refractivity contribution is 0.556. The number of furan rings is 1. The summed E-state index contributed by atoms with van der Waals surface area (Å²) in [4.78, 5) is 0. The Morgan fingerprint density at radius 1 is 1.56 bits per heavy atom. The predicted molar refractivity (Wildman–Crippen MR) is 36.1 cm³/mol. The van der Waals surface area contributed by atoms with Crippen LogP contribution in [-0.4, -0.2) is 0 Å². The van der Waals surface area contributed by atoms with Gasteiger partial charge in [-0.2, -0.15) is 0 Å². The highest BCUT2D eigenvalue weighted by molar-refractivity contribution is 5.58. The number of fused-ring (bicyclic) bond motifs is 1. The van der Waals surface area contributed by atoms with Crippen molar-refractivity contribution in [2.24, 2.45) is 0 Å². The SMILES string of the molecule is CC1=Cc2occc2C1. The van der Waals surface area contributed by atoms with Crippen molar-refractivity contribution in [2.75, 3.05) is 0 Å². The fraction of sp³-hybridized carbons (Fsp3) is 0.250. The molecule has 0 atom stereocenters. The molecule has 2 rings (SSSR count). The van der Waals surface area contributed by atoms with Crippen LogP contribution in [0.15, 0.2) is 22.3 Å². The van der Waals surface area contributed by atoms with E-state index in [0.717, 1.165) is 12.2 Å². The molecule has 1 heterocycles. The second-order valence-electron chi connectivity index (χ2n) is 2.48. The molecule has 0 saturated heterocycles. The van der Waals surface area contributed by atoms with E-state index in [1.165, 1.54) is 11.1 Å². The highest BCUT2D eigenvalue weighted by Crippen LogP contribution is 2.24. The van der Waals surface area contributed by atoms with Gasteiger partial charge in [0.25, 0.3) is 0 Å². The van der Waals surface area contributed by atoms with E-state index in [1.807, 2.05) is 6.07 Å². The maximum atomic E-state index is 5.17. The molecule has 1 nitrogen and oxygen atoms in total. The highest BCUT2D eigenvalue weighted by atomic mass is 16.3. The molecule has 0 unspecified atom stereocenters. The summed E-state index contributed by atoms with van der Waals surface area (Å²) in [5.41, 5.74) is 2.72. The van der Waals surface area contributed by atoms with Gasteiger partial charge >= 0.3 is 0 Å². The van der Waals surface area contributed by atoms with Gasteiger partial charge in [-0.25, -0.2) is 0 Å². The molecule has 0 aromatic carbocycles. The Bertz CT molecular complexity index is 255. The maximum Gasteiger partial charge on any atom is 0.130 e. The van der Waals surface area contributed by atoms with Crippen LogP contribution in [-0.2, 0) is 6.42 Å². The van der Waals surface area contributed by atoms with E-state index in [9.17, 15) is 0 Å². The van der Waals surface area contributed by atoms with Gasteiger partial charge in [-0.3, -0.25) is 0 Å². The second kappa shape index (κ2) is 1.50. The zero-order valence-electron chi connectivity index (χ0n) is 5.35. The Hall–Kier alpha value is -0.980. The lowest BCUT2D eigenvalue weighted by Crippen LogP contribution is -1.73. The molecule has 1 aromatic rings. The van der Waals surface area contributed by atoms with Crippen LogP contribution < -0.4 is 0 Å². The predicted octanol–water partition coefficient (Wildman–Crippen LogP) is 2.24. The fourth-order valence-electron chi connectivity index (χ4n) is 1.20. The van der Waals surface area contributed by atoms with Crippen molar-refractivity contribution in [2.45, 2.75) is 13.3 Å². The summed E-state index contributed by atoms with van der Waals surface area (Å²) < 4.78 is 5.17. The molecule has 0 aliphatic heterocycles. The van der Waals surface area contributed by atoms with E-state index in [0.29, 0.717) is 0 Å². The first kappa shape index (κ1) is 4.86. The molecule has 0 N–H and O–H groups in total. The van der Waals surface area contributed by atoms with Crippen LogP contribution in [0.5, 0.6) is 0 Å². The van der Waals surface area contributed by atoms with Crippen LogP contribution in [0.25, 0.3) is 6.08 Å². The molecular formula is C8H8O. The molecule has 0 spiro atoms. The van der Waals surface area contributed by atoms with Gasteiger partial charge in [0, 0.05) is 5.56 Å². The molecule has 1 aromatic heterocycles. The molecule has 0 saturated carbocycles. The molecule has 0 radical (unpaired) electrons. The second-order valence-corrected chi connectivity index (χ2v) is 2.48. The number of rotatable bonds is 0. The highest BCUT2D eigenvalue weighted by Gasteiger charge is 2.10. The fourth-order valence-corrected chi connectivity index (χ4v) is 1.20. The molecule has 0 bridgehead atoms. The largest absolute Gasteiger partial charge is 0.465 e. The van der Waals surface area contributed by atoms with Gasteiger partial charge in [-0.1, -0.05) is 5.57 Å². The molecule has 1 heteroatoms. The van der Waals surface area contributed by atoms with Crippen molar-refractivity contribution in [3.05, 3.63) is 29.2 Å². The lowest BCUT2D eigenvalue weighted by Gasteiger charge is -1.83. The topological polar surface area (TPSA) is 13.1 Å². The number of hydrogen-bond acceptors (Lipinski definition) is 1. The smallest absolute Gasteiger partial charge is 0.130 e. The maximum absolute atomic E-state index is 5.17. The van der Waals surface area contributed by atoms with Crippen molar-refractivity contribution >= 4 is 6.08 Å². The van der Waals surface area contributed by atoms with E-state index in [4.69, 9.17) is 4.42 Å². The Labute approximate surface area is 54.0 Å². The lowest BCUT2D eigenvalue weighted by atomic mass is 10.2. The van der Waals surface area contributed by atoms with Crippen molar-refractivity contribution < 1.29 is 4.42 Å². The first-order valence-corrected chi connectivity index (χ1v) is 3.10. The molecule has 46 valence electrons. The molecule has 0 amide bonds. The zero-order chi connectivity index (χ0) is 6.27. The summed E-state index contributed by atoms with van der Waals surface area (Å²) in [5, 5.41) is 0. The summed E-state index contributed by atoms with van der Waals surface area (Å²) in [6, 6.07) is 2.03. The van der Waals surface area contributed by atoms with Crippen molar-refractivity contribution in [1.29, 1.82) is 0 Å². The van der Waals surface area contributed by atoms with Crippen molar-refractivity contribution in [3.63, 3.8) is 0 Å². The molecular weight excluding hydrogens is 112 g/mol. The van der Waals surface area contributed by atoms with Crippen LogP contribution in [0, 0.1) is 0 Å². The summed E-state index contributed by atoms with van der Waals surface area (Å²) in [6.45, 7) is 2.12. The van der Waals surface area contributed by atoms with E-state index in [-0.39, 0.29) is 0 Å². The van der Waals surface area contributed by atoms with Crippen molar-refractivity contribution in [1.82, 2.24) is 0 Å². The standard InChI is InChI=1S/C8H8O/c1-6-4-7-2-3-9-8(7)5-6/h2-3,5H,4H2,1H3.